The second-order valence-electron chi connectivity index (χ2n) is 4.98. The van der Waals surface area contributed by atoms with Gasteiger partial charge in [0.05, 0.1) is 11.2 Å². The fourth-order valence-electron chi connectivity index (χ4n) is 2.12. The Morgan fingerprint density at radius 3 is 3.00 bits per heavy atom. The zero-order valence-electron chi connectivity index (χ0n) is 12.1. The molecule has 120 valence electrons. The summed E-state index contributed by atoms with van der Waals surface area (Å²) in [6, 6.07) is 6.78. The highest BCUT2D eigenvalue weighted by atomic mass is 35.5. The lowest BCUT2D eigenvalue weighted by Gasteiger charge is -2.06. The molecule has 0 fully saturated rings. The summed E-state index contributed by atoms with van der Waals surface area (Å²) in [4.78, 5) is 4.30. The Balaban J connectivity index is 1.71. The Morgan fingerprint density at radius 1 is 1.39 bits per heavy atom. The van der Waals surface area contributed by atoms with Crippen LogP contribution in [0.15, 0.2) is 41.2 Å². The van der Waals surface area contributed by atoms with Gasteiger partial charge in [-0.25, -0.2) is 4.39 Å². The van der Waals surface area contributed by atoms with Gasteiger partial charge >= 0.3 is 0 Å². The molecule has 0 saturated carbocycles. The minimum Gasteiger partial charge on any atom is -0.386 e. The number of rotatable bonds is 6. The van der Waals surface area contributed by atoms with E-state index in [0.29, 0.717) is 40.8 Å². The summed E-state index contributed by atoms with van der Waals surface area (Å²) in [5.41, 5.74) is 1.13. The second kappa shape index (κ2) is 6.89. The predicted molar refractivity (Wildman–Crippen MR) is 81.6 cm³/mol. The highest BCUT2D eigenvalue weighted by Gasteiger charge is 2.12. The standard InChI is InChI=1S/C15H14ClFN4O2/c16-12-8-18-21(9-12)5-4-14-19-15(20-23-14)11-3-1-2-10(6-11)13(22)7-17/h1-3,6,8-9,13,22H,4-5,7H2. The smallest absolute Gasteiger partial charge is 0.228 e. The first-order valence-corrected chi connectivity index (χ1v) is 7.38. The van der Waals surface area contributed by atoms with Crippen LogP contribution in [-0.2, 0) is 13.0 Å². The van der Waals surface area contributed by atoms with Gasteiger partial charge in [-0.1, -0.05) is 35.0 Å². The number of halogens is 2. The number of aliphatic hydroxyl groups excluding tert-OH is 1. The summed E-state index contributed by atoms with van der Waals surface area (Å²) >= 11 is 5.80. The number of aromatic nitrogens is 4. The van der Waals surface area contributed by atoms with Crippen molar-refractivity contribution >= 4 is 11.6 Å². The average molecular weight is 337 g/mol. The first kappa shape index (κ1) is 15.6. The highest BCUT2D eigenvalue weighted by Crippen LogP contribution is 2.21. The van der Waals surface area contributed by atoms with Gasteiger partial charge in [-0.3, -0.25) is 4.68 Å². The van der Waals surface area contributed by atoms with E-state index in [0.717, 1.165) is 0 Å². The zero-order chi connectivity index (χ0) is 16.2. The molecular weight excluding hydrogens is 323 g/mol. The third kappa shape index (κ3) is 3.75. The summed E-state index contributed by atoms with van der Waals surface area (Å²) in [6.45, 7) is -0.275. The van der Waals surface area contributed by atoms with Crippen LogP contribution in [0, 0.1) is 0 Å². The SMILES string of the molecule is OC(CF)c1cccc(-c2noc(CCn3cc(Cl)cn3)n2)c1. The van der Waals surface area contributed by atoms with Crippen LogP contribution in [0.1, 0.15) is 17.6 Å². The molecule has 23 heavy (non-hydrogen) atoms. The molecule has 1 aromatic carbocycles. The monoisotopic (exact) mass is 336 g/mol. The van der Waals surface area contributed by atoms with Crippen molar-refractivity contribution in [3.8, 4) is 11.4 Å². The molecule has 1 unspecified atom stereocenters. The molecule has 0 amide bonds. The van der Waals surface area contributed by atoms with Crippen LogP contribution in [0.5, 0.6) is 0 Å². The first-order valence-electron chi connectivity index (χ1n) is 7.00. The quantitative estimate of drug-likeness (QED) is 0.749. The molecule has 0 bridgehead atoms. The van der Waals surface area contributed by atoms with Gasteiger partial charge in [0, 0.05) is 24.7 Å². The van der Waals surface area contributed by atoms with Crippen molar-refractivity contribution in [3.05, 3.63) is 53.1 Å². The predicted octanol–water partition coefficient (Wildman–Crippen LogP) is 2.83. The summed E-state index contributed by atoms with van der Waals surface area (Å²) < 4.78 is 19.4. The molecule has 3 rings (SSSR count). The van der Waals surface area contributed by atoms with E-state index in [1.165, 1.54) is 0 Å². The molecule has 2 aromatic heterocycles. The van der Waals surface area contributed by atoms with Gasteiger partial charge in [0.15, 0.2) is 0 Å². The molecule has 2 heterocycles. The third-order valence-corrected chi connectivity index (χ3v) is 3.50. The molecule has 0 spiro atoms. The van der Waals surface area contributed by atoms with Gasteiger partial charge in [-0.15, -0.1) is 0 Å². The Kier molecular flexibility index (Phi) is 4.68. The second-order valence-corrected chi connectivity index (χ2v) is 5.42. The molecule has 0 aliphatic carbocycles. The van der Waals surface area contributed by atoms with E-state index in [1.807, 2.05) is 0 Å². The Hall–Kier alpha value is -2.25. The summed E-state index contributed by atoms with van der Waals surface area (Å²) in [6.07, 6.45) is 2.63. The summed E-state index contributed by atoms with van der Waals surface area (Å²) in [5.74, 6) is 0.856. The van der Waals surface area contributed by atoms with Gasteiger partial charge in [-0.05, 0) is 11.6 Å². The molecule has 0 aliphatic rings. The van der Waals surface area contributed by atoms with Crippen molar-refractivity contribution in [2.24, 2.45) is 0 Å². The lowest BCUT2D eigenvalue weighted by molar-refractivity contribution is 0.142. The number of aliphatic hydroxyl groups is 1. The van der Waals surface area contributed by atoms with Crippen molar-refractivity contribution in [1.82, 2.24) is 19.9 Å². The van der Waals surface area contributed by atoms with Crippen LogP contribution in [0.4, 0.5) is 4.39 Å². The Labute approximate surface area is 136 Å². The maximum Gasteiger partial charge on any atom is 0.228 e. The maximum atomic E-state index is 12.6. The fourth-order valence-corrected chi connectivity index (χ4v) is 2.27. The Bertz CT molecular complexity index is 789. The fraction of sp³-hybridized carbons (Fsp3) is 0.267. The minimum absolute atomic E-state index is 0.395. The largest absolute Gasteiger partial charge is 0.386 e. The number of aryl methyl sites for hydroxylation is 2. The van der Waals surface area contributed by atoms with E-state index in [1.54, 1.807) is 41.3 Å². The molecule has 0 radical (unpaired) electrons. The Morgan fingerprint density at radius 2 is 2.26 bits per heavy atom. The normalized spacial score (nSPS) is 12.5. The number of nitrogens with zero attached hydrogens (tertiary/aromatic N) is 4. The summed E-state index contributed by atoms with van der Waals surface area (Å²) in [5, 5.41) is 18.1. The first-order chi connectivity index (χ1) is 11.2. The number of hydrogen-bond acceptors (Lipinski definition) is 5. The topological polar surface area (TPSA) is 77.0 Å². The van der Waals surface area contributed by atoms with Crippen molar-refractivity contribution in [3.63, 3.8) is 0 Å². The van der Waals surface area contributed by atoms with Gasteiger partial charge in [0.2, 0.25) is 11.7 Å². The molecule has 6 nitrogen and oxygen atoms in total. The van der Waals surface area contributed by atoms with Crippen LogP contribution in [0.25, 0.3) is 11.4 Å². The van der Waals surface area contributed by atoms with Crippen molar-refractivity contribution in [2.75, 3.05) is 6.67 Å². The van der Waals surface area contributed by atoms with Gasteiger partial charge < -0.3 is 9.63 Å². The van der Waals surface area contributed by atoms with E-state index in [2.05, 4.69) is 15.2 Å². The van der Waals surface area contributed by atoms with Crippen molar-refractivity contribution in [1.29, 1.82) is 0 Å². The van der Waals surface area contributed by atoms with E-state index < -0.39 is 12.8 Å². The van der Waals surface area contributed by atoms with Crippen LogP contribution in [-0.4, -0.2) is 31.7 Å². The molecule has 3 aromatic rings. The van der Waals surface area contributed by atoms with Gasteiger partial charge in [0.25, 0.3) is 0 Å². The molecule has 1 N–H and O–H groups in total. The number of benzene rings is 1. The van der Waals surface area contributed by atoms with Gasteiger partial charge in [-0.2, -0.15) is 10.1 Å². The molecular formula is C15H14ClFN4O2. The number of hydrogen-bond donors (Lipinski definition) is 1. The molecule has 8 heteroatoms. The minimum atomic E-state index is -1.15. The maximum absolute atomic E-state index is 12.6. The number of alkyl halides is 1. The van der Waals surface area contributed by atoms with Crippen LogP contribution in [0.2, 0.25) is 5.02 Å². The summed E-state index contributed by atoms with van der Waals surface area (Å²) in [7, 11) is 0. The van der Waals surface area contributed by atoms with Crippen molar-refractivity contribution in [2.45, 2.75) is 19.1 Å². The van der Waals surface area contributed by atoms with Crippen LogP contribution < -0.4 is 0 Å². The van der Waals surface area contributed by atoms with E-state index in [4.69, 9.17) is 16.1 Å². The lowest BCUT2D eigenvalue weighted by atomic mass is 10.1. The van der Waals surface area contributed by atoms with E-state index in [-0.39, 0.29) is 0 Å². The molecule has 0 saturated heterocycles. The van der Waals surface area contributed by atoms with Gasteiger partial charge in [0.1, 0.15) is 12.8 Å². The van der Waals surface area contributed by atoms with E-state index in [9.17, 15) is 9.50 Å². The average Bonchev–Trinajstić information content (AvgIpc) is 3.21. The van der Waals surface area contributed by atoms with E-state index >= 15 is 0 Å². The molecule has 1 atom stereocenters. The molecule has 0 aliphatic heterocycles. The third-order valence-electron chi connectivity index (χ3n) is 3.30. The van der Waals surface area contributed by atoms with Crippen LogP contribution >= 0.6 is 11.6 Å². The van der Waals surface area contributed by atoms with Crippen LogP contribution in [0.3, 0.4) is 0 Å². The lowest BCUT2D eigenvalue weighted by Crippen LogP contribution is -2.01. The van der Waals surface area contributed by atoms with Crippen molar-refractivity contribution < 1.29 is 14.0 Å². The zero-order valence-corrected chi connectivity index (χ0v) is 12.8. The highest BCUT2D eigenvalue weighted by molar-refractivity contribution is 6.30.